The fourth-order valence-electron chi connectivity index (χ4n) is 3.79. The Morgan fingerprint density at radius 1 is 1.20 bits per heavy atom. The molecule has 1 nitrogen and oxygen atoms in total. The molecule has 0 bridgehead atoms. The first-order chi connectivity index (χ1) is 9.65. The molecule has 3 rings (SSSR count). The van der Waals surface area contributed by atoms with E-state index in [1.165, 1.54) is 56.6 Å². The van der Waals surface area contributed by atoms with Gasteiger partial charge in [-0.3, -0.25) is 0 Å². The van der Waals surface area contributed by atoms with Gasteiger partial charge in [0.25, 0.3) is 0 Å². The molecule has 0 heterocycles. The Morgan fingerprint density at radius 3 is 2.65 bits per heavy atom. The Labute approximate surface area is 122 Å². The van der Waals surface area contributed by atoms with Gasteiger partial charge in [0.1, 0.15) is 5.82 Å². The molecule has 1 aromatic rings. The zero-order chi connectivity index (χ0) is 14.0. The quantitative estimate of drug-likeness (QED) is 0.844. The fourth-order valence-corrected chi connectivity index (χ4v) is 3.79. The summed E-state index contributed by atoms with van der Waals surface area (Å²) in [6.45, 7) is 3.59. The first-order valence-corrected chi connectivity index (χ1v) is 8.13. The summed E-state index contributed by atoms with van der Waals surface area (Å²) in [5.41, 5.74) is 1.69. The van der Waals surface area contributed by atoms with Gasteiger partial charge in [-0.25, -0.2) is 4.39 Å². The van der Waals surface area contributed by atoms with Crippen molar-refractivity contribution in [3.63, 3.8) is 0 Å². The van der Waals surface area contributed by atoms with Crippen molar-refractivity contribution in [2.75, 3.05) is 6.54 Å². The molecule has 0 aliphatic heterocycles. The molecule has 2 saturated carbocycles. The fraction of sp³-hybridized carbons (Fsp3) is 0.667. The predicted octanol–water partition coefficient (Wildman–Crippen LogP) is 4.63. The minimum absolute atomic E-state index is 0.103. The van der Waals surface area contributed by atoms with Crippen molar-refractivity contribution in [2.45, 2.75) is 63.8 Å². The third-order valence-electron chi connectivity index (χ3n) is 5.34. The Balaban J connectivity index is 1.44. The Kier molecular flexibility index (Phi) is 4.11. The Hall–Kier alpha value is -0.890. The van der Waals surface area contributed by atoms with E-state index < -0.39 is 0 Å². The van der Waals surface area contributed by atoms with Gasteiger partial charge in [0, 0.05) is 12.6 Å². The van der Waals surface area contributed by atoms with Crippen molar-refractivity contribution >= 4 is 0 Å². The molecule has 0 aromatic heterocycles. The van der Waals surface area contributed by atoms with E-state index >= 15 is 0 Å². The molecular formula is C18H26FN. The molecule has 2 aliphatic rings. The van der Waals surface area contributed by atoms with E-state index in [4.69, 9.17) is 0 Å². The highest BCUT2D eigenvalue weighted by Gasteiger charge is 2.33. The highest BCUT2D eigenvalue weighted by atomic mass is 19.1. The van der Waals surface area contributed by atoms with Gasteiger partial charge in [-0.15, -0.1) is 0 Å². The molecule has 0 spiro atoms. The first kappa shape index (κ1) is 14.1. The summed E-state index contributed by atoms with van der Waals surface area (Å²) >= 11 is 0. The number of rotatable bonds is 4. The van der Waals surface area contributed by atoms with Crippen LogP contribution in [0.15, 0.2) is 24.3 Å². The highest BCUT2D eigenvalue weighted by Crippen LogP contribution is 2.39. The molecule has 0 radical (unpaired) electrons. The van der Waals surface area contributed by atoms with Crippen LogP contribution in [0.2, 0.25) is 0 Å². The molecule has 2 heteroatoms. The normalized spacial score (nSPS) is 28.9. The molecule has 2 aliphatic carbocycles. The summed E-state index contributed by atoms with van der Waals surface area (Å²) in [6, 6.07) is 7.76. The van der Waals surface area contributed by atoms with E-state index in [2.05, 4.69) is 18.3 Å². The van der Waals surface area contributed by atoms with Gasteiger partial charge in [0.05, 0.1) is 0 Å². The number of hydrogen-bond acceptors (Lipinski definition) is 1. The Morgan fingerprint density at radius 2 is 1.95 bits per heavy atom. The molecule has 0 amide bonds. The lowest BCUT2D eigenvalue weighted by molar-refractivity contribution is 0.178. The average molecular weight is 275 g/mol. The summed E-state index contributed by atoms with van der Waals surface area (Å²) in [5, 5.41) is 3.75. The van der Waals surface area contributed by atoms with E-state index in [1.807, 2.05) is 6.07 Å². The molecule has 110 valence electrons. The average Bonchev–Trinajstić information content (AvgIpc) is 2.38. The van der Waals surface area contributed by atoms with Gasteiger partial charge in [-0.2, -0.15) is 0 Å². The van der Waals surface area contributed by atoms with Crippen LogP contribution in [0.4, 0.5) is 4.39 Å². The lowest BCUT2D eigenvalue weighted by Gasteiger charge is -2.40. The maximum Gasteiger partial charge on any atom is 0.123 e. The van der Waals surface area contributed by atoms with Gasteiger partial charge in [-0.05, 0) is 54.7 Å². The summed E-state index contributed by atoms with van der Waals surface area (Å²) in [4.78, 5) is 0. The topological polar surface area (TPSA) is 12.0 Å². The predicted molar refractivity (Wildman–Crippen MR) is 81.4 cm³/mol. The molecule has 0 unspecified atom stereocenters. The van der Waals surface area contributed by atoms with Crippen LogP contribution in [0.1, 0.15) is 63.4 Å². The number of hydrogen-bond donors (Lipinski definition) is 1. The maximum absolute atomic E-state index is 13.2. The molecule has 0 saturated heterocycles. The van der Waals surface area contributed by atoms with E-state index in [1.54, 1.807) is 6.07 Å². The first-order valence-electron chi connectivity index (χ1n) is 8.13. The van der Waals surface area contributed by atoms with E-state index in [0.717, 1.165) is 6.54 Å². The molecular weight excluding hydrogens is 249 g/mol. The van der Waals surface area contributed by atoms with Crippen molar-refractivity contribution < 1.29 is 4.39 Å². The monoisotopic (exact) mass is 275 g/mol. The third kappa shape index (κ3) is 3.22. The largest absolute Gasteiger partial charge is 0.313 e. The second kappa shape index (κ2) is 5.85. The Bertz CT molecular complexity index is 444. The lowest BCUT2D eigenvalue weighted by Crippen LogP contribution is -2.45. The van der Waals surface area contributed by atoms with Gasteiger partial charge in [0.2, 0.25) is 0 Å². The summed E-state index contributed by atoms with van der Waals surface area (Å²) in [5.74, 6) is 0.455. The van der Waals surface area contributed by atoms with Crippen molar-refractivity contribution in [1.29, 1.82) is 0 Å². The van der Waals surface area contributed by atoms with Gasteiger partial charge in [-0.1, -0.05) is 38.3 Å². The molecule has 0 atom stereocenters. The molecule has 1 aromatic carbocycles. The second-order valence-corrected chi connectivity index (χ2v) is 7.17. The van der Waals surface area contributed by atoms with Crippen LogP contribution in [-0.4, -0.2) is 12.6 Å². The van der Waals surface area contributed by atoms with Crippen LogP contribution in [0.5, 0.6) is 0 Å². The second-order valence-electron chi connectivity index (χ2n) is 7.17. The number of benzene rings is 1. The van der Waals surface area contributed by atoms with Crippen LogP contribution < -0.4 is 5.32 Å². The smallest absolute Gasteiger partial charge is 0.123 e. The summed E-state index contributed by atoms with van der Waals surface area (Å²) in [7, 11) is 0. The minimum Gasteiger partial charge on any atom is -0.313 e. The van der Waals surface area contributed by atoms with Crippen molar-refractivity contribution in [3.05, 3.63) is 35.6 Å². The minimum atomic E-state index is -0.103. The SMILES string of the molecule is CC1(CNC2CC(c3cccc(F)c3)C2)CCCCC1. The standard InChI is InChI=1S/C18H26FN/c1-18(8-3-2-4-9-18)13-20-17-11-15(12-17)14-6-5-7-16(19)10-14/h5-7,10,15,17,20H,2-4,8-9,11-13H2,1H3. The van der Waals surface area contributed by atoms with E-state index in [9.17, 15) is 4.39 Å². The maximum atomic E-state index is 13.2. The molecule has 1 N–H and O–H groups in total. The van der Waals surface area contributed by atoms with Gasteiger partial charge < -0.3 is 5.32 Å². The van der Waals surface area contributed by atoms with Crippen LogP contribution in [-0.2, 0) is 0 Å². The number of halogens is 1. The van der Waals surface area contributed by atoms with E-state index in [0.29, 0.717) is 17.4 Å². The highest BCUT2D eigenvalue weighted by molar-refractivity contribution is 5.23. The zero-order valence-electron chi connectivity index (χ0n) is 12.5. The zero-order valence-corrected chi connectivity index (χ0v) is 12.5. The van der Waals surface area contributed by atoms with Gasteiger partial charge in [0.15, 0.2) is 0 Å². The lowest BCUT2D eigenvalue weighted by atomic mass is 9.73. The van der Waals surface area contributed by atoms with Gasteiger partial charge >= 0.3 is 0 Å². The van der Waals surface area contributed by atoms with E-state index in [-0.39, 0.29) is 5.82 Å². The van der Waals surface area contributed by atoms with Crippen LogP contribution in [0.25, 0.3) is 0 Å². The van der Waals surface area contributed by atoms with Crippen LogP contribution in [0.3, 0.4) is 0 Å². The van der Waals surface area contributed by atoms with Crippen LogP contribution in [0, 0.1) is 11.2 Å². The molecule has 2 fully saturated rings. The number of nitrogens with one attached hydrogen (secondary N) is 1. The van der Waals surface area contributed by atoms with Crippen molar-refractivity contribution in [3.8, 4) is 0 Å². The van der Waals surface area contributed by atoms with Crippen molar-refractivity contribution in [2.24, 2.45) is 5.41 Å². The van der Waals surface area contributed by atoms with Crippen LogP contribution >= 0.6 is 0 Å². The van der Waals surface area contributed by atoms with Crippen molar-refractivity contribution in [1.82, 2.24) is 5.32 Å². The third-order valence-corrected chi connectivity index (χ3v) is 5.34. The summed E-state index contributed by atoms with van der Waals surface area (Å²) < 4.78 is 13.2. The summed E-state index contributed by atoms with van der Waals surface area (Å²) in [6.07, 6.45) is 9.29. The molecule has 20 heavy (non-hydrogen) atoms.